The first kappa shape index (κ1) is 10.8. The molecule has 0 saturated carbocycles. The monoisotopic (exact) mass is 215 g/mol. The number of carboxylic acids is 1. The van der Waals surface area contributed by atoms with E-state index in [-0.39, 0.29) is 4.91 Å². The first-order chi connectivity index (χ1) is 6.56. The number of thioether (sulfide) groups is 1. The van der Waals surface area contributed by atoms with Crippen LogP contribution in [0.25, 0.3) is 0 Å². The molecule has 0 aromatic rings. The van der Waals surface area contributed by atoms with Crippen LogP contribution in [-0.4, -0.2) is 33.7 Å². The summed E-state index contributed by atoms with van der Waals surface area (Å²) < 4.78 is 0. The average molecular weight is 215 g/mol. The molecule has 0 aliphatic carbocycles. The third-order valence-corrected chi connectivity index (χ3v) is 2.48. The number of amides is 2. The van der Waals surface area contributed by atoms with Crippen LogP contribution in [0, 0.1) is 0 Å². The largest absolute Gasteiger partial charge is 0.478 e. The van der Waals surface area contributed by atoms with Crippen LogP contribution in [-0.2, 0) is 9.59 Å². The molecule has 76 valence electrons. The molecule has 1 saturated heterocycles. The van der Waals surface area contributed by atoms with E-state index in [0.717, 1.165) is 11.0 Å². The minimum Gasteiger partial charge on any atom is -0.478 e. The Morgan fingerprint density at radius 3 is 2.71 bits per heavy atom. The lowest BCUT2D eigenvalue weighted by Gasteiger charge is -2.09. The Bertz CT molecular complexity index is 323. The lowest BCUT2D eigenvalue weighted by atomic mass is 10.4. The molecular weight excluding hydrogens is 206 g/mol. The van der Waals surface area contributed by atoms with Crippen LogP contribution >= 0.6 is 11.8 Å². The second-order valence-electron chi connectivity index (χ2n) is 2.67. The molecular formula is C8H9NO4S. The van der Waals surface area contributed by atoms with Gasteiger partial charge in [0.2, 0.25) is 0 Å². The fourth-order valence-electron chi connectivity index (χ4n) is 1.03. The summed E-state index contributed by atoms with van der Waals surface area (Å²) in [5.41, 5.74) is 0. The van der Waals surface area contributed by atoms with E-state index in [0.29, 0.717) is 24.7 Å². The van der Waals surface area contributed by atoms with Gasteiger partial charge in [0, 0.05) is 12.6 Å². The average Bonchev–Trinajstić information content (AvgIpc) is 2.32. The molecule has 14 heavy (non-hydrogen) atoms. The van der Waals surface area contributed by atoms with Crippen molar-refractivity contribution in [2.45, 2.75) is 13.3 Å². The van der Waals surface area contributed by atoms with Gasteiger partial charge in [0.25, 0.3) is 11.1 Å². The van der Waals surface area contributed by atoms with Crippen molar-refractivity contribution < 1.29 is 19.5 Å². The molecule has 1 aliphatic rings. The van der Waals surface area contributed by atoms with Gasteiger partial charge in [0.05, 0.1) is 4.91 Å². The molecule has 0 spiro atoms. The topological polar surface area (TPSA) is 74.7 Å². The summed E-state index contributed by atoms with van der Waals surface area (Å²) in [5, 5.41) is 8.02. The molecule has 1 heterocycles. The number of hydrogen-bond donors (Lipinski definition) is 1. The van der Waals surface area contributed by atoms with Gasteiger partial charge in [0.15, 0.2) is 0 Å². The fourth-order valence-corrected chi connectivity index (χ4v) is 1.86. The van der Waals surface area contributed by atoms with Crippen LogP contribution in [0.2, 0.25) is 0 Å². The van der Waals surface area contributed by atoms with Crippen molar-refractivity contribution in [2.75, 3.05) is 6.54 Å². The lowest BCUT2D eigenvalue weighted by molar-refractivity contribution is -0.132. The second-order valence-corrected chi connectivity index (χ2v) is 3.66. The number of rotatable bonds is 3. The van der Waals surface area contributed by atoms with Gasteiger partial charge in [0.1, 0.15) is 0 Å². The maximum absolute atomic E-state index is 11.4. The Kier molecular flexibility index (Phi) is 3.29. The van der Waals surface area contributed by atoms with Gasteiger partial charge >= 0.3 is 5.97 Å². The highest BCUT2D eigenvalue weighted by atomic mass is 32.2. The van der Waals surface area contributed by atoms with E-state index in [1.807, 2.05) is 6.92 Å². The van der Waals surface area contributed by atoms with Crippen molar-refractivity contribution in [2.24, 2.45) is 0 Å². The SMILES string of the molecule is CCCN1C(=O)S/C(=C\C(=O)O)C1=O. The van der Waals surface area contributed by atoms with Crippen LogP contribution in [0.15, 0.2) is 11.0 Å². The van der Waals surface area contributed by atoms with E-state index < -0.39 is 17.1 Å². The van der Waals surface area contributed by atoms with Gasteiger partial charge in [-0.2, -0.15) is 0 Å². The molecule has 0 aromatic heterocycles. The zero-order valence-electron chi connectivity index (χ0n) is 7.52. The van der Waals surface area contributed by atoms with Gasteiger partial charge in [-0.3, -0.25) is 14.5 Å². The molecule has 0 bridgehead atoms. The summed E-state index contributed by atoms with van der Waals surface area (Å²) in [5.74, 6) is -1.73. The smallest absolute Gasteiger partial charge is 0.329 e. The number of aliphatic carboxylic acids is 1. The molecule has 6 heteroatoms. The van der Waals surface area contributed by atoms with E-state index in [1.54, 1.807) is 0 Å². The molecule has 2 amide bonds. The molecule has 0 radical (unpaired) electrons. The van der Waals surface area contributed by atoms with E-state index >= 15 is 0 Å². The van der Waals surface area contributed by atoms with Crippen LogP contribution in [0.3, 0.4) is 0 Å². The summed E-state index contributed by atoms with van der Waals surface area (Å²) in [4.78, 5) is 33.9. The van der Waals surface area contributed by atoms with Crippen LogP contribution < -0.4 is 0 Å². The number of carboxylic acid groups (broad SMARTS) is 1. The number of imide groups is 1. The van der Waals surface area contributed by atoms with Crippen LogP contribution in [0.5, 0.6) is 0 Å². The standard InChI is InChI=1S/C8H9NO4S/c1-2-3-9-7(12)5(4-6(10)11)14-8(9)13/h4H,2-3H2,1H3,(H,10,11)/b5-4-. The van der Waals surface area contributed by atoms with Crippen molar-refractivity contribution in [3.63, 3.8) is 0 Å². The summed E-state index contributed by atoms with van der Waals surface area (Å²) >= 11 is 0.668. The summed E-state index contributed by atoms with van der Waals surface area (Å²) in [6.45, 7) is 2.17. The Hall–Kier alpha value is -1.30. The van der Waals surface area contributed by atoms with Gasteiger partial charge in [-0.25, -0.2) is 4.79 Å². The number of hydrogen-bond acceptors (Lipinski definition) is 4. The predicted octanol–water partition coefficient (Wildman–Crippen LogP) is 1.06. The van der Waals surface area contributed by atoms with Crippen molar-refractivity contribution >= 4 is 28.9 Å². The van der Waals surface area contributed by atoms with E-state index in [1.165, 1.54) is 0 Å². The number of carbonyl (C=O) groups is 3. The normalized spacial score (nSPS) is 19.5. The Balaban J connectivity index is 2.84. The Labute approximate surface area is 84.8 Å². The van der Waals surface area contributed by atoms with Crippen molar-refractivity contribution in [3.05, 3.63) is 11.0 Å². The lowest BCUT2D eigenvalue weighted by Crippen LogP contribution is -2.28. The maximum Gasteiger partial charge on any atom is 0.329 e. The van der Waals surface area contributed by atoms with E-state index in [9.17, 15) is 14.4 Å². The Morgan fingerprint density at radius 2 is 2.21 bits per heavy atom. The fraction of sp³-hybridized carbons (Fsp3) is 0.375. The maximum atomic E-state index is 11.4. The highest BCUT2D eigenvalue weighted by Crippen LogP contribution is 2.30. The number of nitrogens with zero attached hydrogens (tertiary/aromatic N) is 1. The summed E-state index contributed by atoms with van der Waals surface area (Å²) in [6.07, 6.45) is 1.43. The first-order valence-electron chi connectivity index (χ1n) is 4.04. The van der Waals surface area contributed by atoms with Gasteiger partial charge < -0.3 is 5.11 Å². The van der Waals surface area contributed by atoms with E-state index in [4.69, 9.17) is 5.11 Å². The summed E-state index contributed by atoms with van der Waals surface area (Å²) in [6, 6.07) is 0. The van der Waals surface area contributed by atoms with Crippen molar-refractivity contribution in [3.8, 4) is 0 Å². The molecule has 0 aromatic carbocycles. The molecule has 1 fully saturated rings. The molecule has 0 atom stereocenters. The van der Waals surface area contributed by atoms with Gasteiger partial charge in [-0.15, -0.1) is 0 Å². The van der Waals surface area contributed by atoms with E-state index in [2.05, 4.69) is 0 Å². The van der Waals surface area contributed by atoms with Crippen LogP contribution in [0.1, 0.15) is 13.3 Å². The van der Waals surface area contributed by atoms with Crippen molar-refractivity contribution in [1.29, 1.82) is 0 Å². The zero-order chi connectivity index (χ0) is 10.7. The minimum atomic E-state index is -1.22. The third kappa shape index (κ3) is 2.14. The van der Waals surface area contributed by atoms with Gasteiger partial charge in [-0.05, 0) is 18.2 Å². The molecule has 0 unspecified atom stereocenters. The molecule has 1 rings (SSSR count). The quantitative estimate of drug-likeness (QED) is 0.712. The number of carbonyl (C=O) groups excluding carboxylic acids is 2. The third-order valence-electron chi connectivity index (χ3n) is 1.58. The van der Waals surface area contributed by atoms with Gasteiger partial charge in [-0.1, -0.05) is 6.92 Å². The first-order valence-corrected chi connectivity index (χ1v) is 4.86. The van der Waals surface area contributed by atoms with Crippen LogP contribution in [0.4, 0.5) is 4.79 Å². The zero-order valence-corrected chi connectivity index (χ0v) is 8.34. The van der Waals surface area contributed by atoms with Crippen molar-refractivity contribution in [1.82, 2.24) is 4.90 Å². The predicted molar refractivity (Wildman–Crippen MR) is 50.7 cm³/mol. The summed E-state index contributed by atoms with van der Waals surface area (Å²) in [7, 11) is 0. The highest BCUT2D eigenvalue weighted by Gasteiger charge is 2.34. The Morgan fingerprint density at radius 1 is 1.57 bits per heavy atom. The highest BCUT2D eigenvalue weighted by molar-refractivity contribution is 8.18. The molecule has 1 N–H and O–H groups in total. The molecule has 5 nitrogen and oxygen atoms in total. The minimum absolute atomic E-state index is 0.0176. The second kappa shape index (κ2) is 4.28. The molecule has 1 aliphatic heterocycles.